The van der Waals surface area contributed by atoms with Gasteiger partial charge in [0.25, 0.3) is 0 Å². The number of hydrogen-bond donors (Lipinski definition) is 1. The Morgan fingerprint density at radius 1 is 1.10 bits per heavy atom. The van der Waals surface area contributed by atoms with Crippen LogP contribution in [0, 0.1) is 12.7 Å². The first-order chi connectivity index (χ1) is 14.1. The molecule has 3 aromatic rings. The van der Waals surface area contributed by atoms with E-state index in [-0.39, 0.29) is 18.4 Å². The topological polar surface area (TPSA) is 63.1 Å². The maximum absolute atomic E-state index is 13.5. The molecule has 7 heteroatoms. The summed E-state index contributed by atoms with van der Waals surface area (Å²) >= 11 is 0. The van der Waals surface area contributed by atoms with Crippen LogP contribution in [0.1, 0.15) is 36.5 Å². The van der Waals surface area contributed by atoms with E-state index < -0.39 is 0 Å². The Kier molecular flexibility index (Phi) is 5.55. The lowest BCUT2D eigenvalue weighted by Crippen LogP contribution is -2.35. The molecule has 2 amide bonds. The van der Waals surface area contributed by atoms with Crippen molar-refractivity contribution in [1.29, 1.82) is 0 Å². The molecule has 1 N–H and O–H groups in total. The molecule has 29 heavy (non-hydrogen) atoms. The van der Waals surface area contributed by atoms with Gasteiger partial charge in [0.15, 0.2) is 5.82 Å². The van der Waals surface area contributed by atoms with E-state index in [1.54, 1.807) is 17.0 Å². The van der Waals surface area contributed by atoms with E-state index in [4.69, 9.17) is 0 Å². The van der Waals surface area contributed by atoms with Crippen LogP contribution in [-0.4, -0.2) is 20.8 Å². The number of carbonyl (C=O) groups excluding carboxylic acids is 1. The third-order valence-electron chi connectivity index (χ3n) is 5.26. The lowest BCUT2D eigenvalue weighted by molar-refractivity contribution is 0.256. The highest BCUT2D eigenvalue weighted by Crippen LogP contribution is 2.22. The van der Waals surface area contributed by atoms with Crippen molar-refractivity contribution in [3.63, 3.8) is 0 Å². The molecule has 1 aliphatic heterocycles. The highest BCUT2D eigenvalue weighted by Gasteiger charge is 2.22. The number of nitrogens with zero attached hydrogens (tertiary/aromatic N) is 4. The minimum absolute atomic E-state index is 0.260. The van der Waals surface area contributed by atoms with Crippen LogP contribution in [0.2, 0.25) is 0 Å². The largest absolute Gasteiger partial charge is 0.326 e. The SMILES string of the molecule is Cc1ccccc1NC(=O)N(Cc1nnc2n1CCCCC2)c1ccc(F)cc1. The zero-order valence-corrected chi connectivity index (χ0v) is 16.4. The van der Waals surface area contributed by atoms with Gasteiger partial charge in [0.1, 0.15) is 11.6 Å². The normalized spacial score (nSPS) is 13.4. The number of nitrogens with one attached hydrogen (secondary N) is 1. The number of halogens is 1. The van der Waals surface area contributed by atoms with Gasteiger partial charge in [-0.05, 0) is 55.7 Å². The van der Waals surface area contributed by atoms with Crippen molar-refractivity contribution in [3.8, 4) is 0 Å². The molecule has 0 saturated carbocycles. The first kappa shape index (κ1) is 19.1. The second-order valence-corrected chi connectivity index (χ2v) is 7.30. The summed E-state index contributed by atoms with van der Waals surface area (Å²) in [4.78, 5) is 14.8. The number of benzene rings is 2. The molecule has 0 fully saturated rings. The number of amides is 2. The Hall–Kier alpha value is -3.22. The molecule has 0 unspecified atom stereocenters. The molecule has 1 aliphatic rings. The molecule has 0 radical (unpaired) electrons. The molecule has 0 spiro atoms. The standard InChI is InChI=1S/C22H24FN5O/c1-16-7-4-5-8-19(16)24-22(29)28(18-12-10-17(23)11-13-18)15-21-26-25-20-9-3-2-6-14-27(20)21/h4-5,7-8,10-13H,2-3,6,9,14-15H2,1H3,(H,24,29). The van der Waals surface area contributed by atoms with Crippen molar-refractivity contribution in [1.82, 2.24) is 14.8 Å². The maximum atomic E-state index is 13.5. The lowest BCUT2D eigenvalue weighted by atomic mass is 10.2. The molecule has 4 rings (SSSR count). The summed E-state index contributed by atoms with van der Waals surface area (Å²) in [6, 6.07) is 13.2. The van der Waals surface area contributed by atoms with Gasteiger partial charge in [-0.3, -0.25) is 4.90 Å². The summed E-state index contributed by atoms with van der Waals surface area (Å²) < 4.78 is 15.6. The fraction of sp³-hybridized carbons (Fsp3) is 0.318. The zero-order valence-electron chi connectivity index (χ0n) is 16.4. The number of anilines is 2. The van der Waals surface area contributed by atoms with Crippen LogP contribution in [0.15, 0.2) is 48.5 Å². The van der Waals surface area contributed by atoms with Crippen LogP contribution in [0.5, 0.6) is 0 Å². The lowest BCUT2D eigenvalue weighted by Gasteiger charge is -2.24. The molecule has 0 bridgehead atoms. The number of urea groups is 1. The van der Waals surface area contributed by atoms with Gasteiger partial charge in [-0.2, -0.15) is 0 Å². The van der Waals surface area contributed by atoms with Gasteiger partial charge < -0.3 is 9.88 Å². The van der Waals surface area contributed by atoms with Crippen LogP contribution in [0.3, 0.4) is 0 Å². The van der Waals surface area contributed by atoms with E-state index in [0.29, 0.717) is 5.69 Å². The van der Waals surface area contributed by atoms with Crippen LogP contribution in [0.4, 0.5) is 20.6 Å². The van der Waals surface area contributed by atoms with Gasteiger partial charge in [0.2, 0.25) is 0 Å². The molecule has 150 valence electrons. The fourth-order valence-electron chi connectivity index (χ4n) is 3.60. The smallest absolute Gasteiger partial charge is 0.313 e. The summed E-state index contributed by atoms with van der Waals surface area (Å²) in [5, 5.41) is 11.6. The van der Waals surface area contributed by atoms with Crippen LogP contribution >= 0.6 is 0 Å². The third-order valence-corrected chi connectivity index (χ3v) is 5.26. The number of aromatic nitrogens is 3. The molecule has 0 atom stereocenters. The summed E-state index contributed by atoms with van der Waals surface area (Å²) in [5.41, 5.74) is 2.31. The minimum Gasteiger partial charge on any atom is -0.313 e. The van der Waals surface area contributed by atoms with E-state index >= 15 is 0 Å². The number of hydrogen-bond acceptors (Lipinski definition) is 3. The van der Waals surface area contributed by atoms with E-state index in [0.717, 1.165) is 55.1 Å². The Morgan fingerprint density at radius 2 is 1.90 bits per heavy atom. The summed E-state index contributed by atoms with van der Waals surface area (Å²) in [5.74, 6) is 1.37. The third kappa shape index (κ3) is 4.29. The second kappa shape index (κ2) is 8.43. The van der Waals surface area contributed by atoms with Crippen molar-refractivity contribution in [2.45, 2.75) is 45.7 Å². The minimum atomic E-state index is -0.343. The summed E-state index contributed by atoms with van der Waals surface area (Å²) in [6.07, 6.45) is 4.24. The van der Waals surface area contributed by atoms with Crippen molar-refractivity contribution in [3.05, 3.63) is 71.6 Å². The highest BCUT2D eigenvalue weighted by molar-refractivity contribution is 6.02. The van der Waals surface area contributed by atoms with Crippen LogP contribution < -0.4 is 10.2 Å². The first-order valence-corrected chi connectivity index (χ1v) is 9.92. The van der Waals surface area contributed by atoms with Crippen LogP contribution in [0.25, 0.3) is 0 Å². The summed E-state index contributed by atoms with van der Waals surface area (Å²) in [6.45, 7) is 3.06. The molecule has 2 aromatic carbocycles. The van der Waals surface area contributed by atoms with Gasteiger partial charge in [-0.15, -0.1) is 10.2 Å². The van der Waals surface area contributed by atoms with Gasteiger partial charge in [0.05, 0.1) is 6.54 Å². The Labute approximate surface area is 169 Å². The van der Waals surface area contributed by atoms with Gasteiger partial charge in [-0.25, -0.2) is 9.18 Å². The molecule has 2 heterocycles. The summed E-state index contributed by atoms with van der Waals surface area (Å²) in [7, 11) is 0. The first-order valence-electron chi connectivity index (χ1n) is 9.92. The van der Waals surface area contributed by atoms with E-state index in [9.17, 15) is 9.18 Å². The number of fused-ring (bicyclic) bond motifs is 1. The van der Waals surface area contributed by atoms with E-state index in [1.807, 2.05) is 31.2 Å². The fourth-order valence-corrected chi connectivity index (χ4v) is 3.60. The van der Waals surface area contributed by atoms with Crippen molar-refractivity contribution >= 4 is 17.4 Å². The maximum Gasteiger partial charge on any atom is 0.326 e. The molecule has 1 aromatic heterocycles. The number of rotatable bonds is 4. The number of carbonyl (C=O) groups is 1. The average Bonchev–Trinajstić information content (AvgIpc) is 2.94. The van der Waals surface area contributed by atoms with Gasteiger partial charge in [-0.1, -0.05) is 24.6 Å². The Balaban J connectivity index is 1.64. The average molecular weight is 393 g/mol. The van der Waals surface area contributed by atoms with Gasteiger partial charge in [0, 0.05) is 24.3 Å². The monoisotopic (exact) mass is 393 g/mol. The molecular weight excluding hydrogens is 369 g/mol. The highest BCUT2D eigenvalue weighted by atomic mass is 19.1. The predicted molar refractivity (Wildman–Crippen MR) is 110 cm³/mol. The molecule has 6 nitrogen and oxygen atoms in total. The van der Waals surface area contributed by atoms with Crippen LogP contribution in [-0.2, 0) is 19.5 Å². The number of aryl methyl sites for hydroxylation is 2. The van der Waals surface area contributed by atoms with Crippen molar-refractivity contribution in [2.75, 3.05) is 10.2 Å². The Bertz CT molecular complexity index is 999. The van der Waals surface area contributed by atoms with Crippen molar-refractivity contribution < 1.29 is 9.18 Å². The quantitative estimate of drug-likeness (QED) is 0.699. The molecule has 0 saturated heterocycles. The van der Waals surface area contributed by atoms with E-state index in [2.05, 4.69) is 20.1 Å². The number of para-hydroxylation sites is 1. The molecule has 0 aliphatic carbocycles. The second-order valence-electron chi connectivity index (χ2n) is 7.30. The van der Waals surface area contributed by atoms with Gasteiger partial charge >= 0.3 is 6.03 Å². The van der Waals surface area contributed by atoms with Crippen molar-refractivity contribution in [2.24, 2.45) is 0 Å². The van der Waals surface area contributed by atoms with E-state index in [1.165, 1.54) is 12.1 Å². The molecular formula is C22H24FN5O. The predicted octanol–water partition coefficient (Wildman–Crippen LogP) is 4.69. The Morgan fingerprint density at radius 3 is 2.69 bits per heavy atom. The zero-order chi connectivity index (χ0) is 20.2.